The molecule has 0 aromatic heterocycles. The summed E-state index contributed by atoms with van der Waals surface area (Å²) in [4.78, 5) is 58.9. The minimum Gasteiger partial charge on any atom is -0.463 e. The first-order valence-corrected chi connectivity index (χ1v) is 48.8. The Morgan fingerprint density at radius 3 is 0.770 bits per heavy atom. The zero-order valence-electron chi connectivity index (χ0n) is 72.0. The van der Waals surface area contributed by atoms with Gasteiger partial charge in [-0.25, -0.2) is 9.13 Å². The molecule has 654 valence electrons. The monoisotopic (exact) mass is 1630 g/mol. The molecule has 0 bridgehead atoms. The van der Waals surface area contributed by atoms with Crippen molar-refractivity contribution in [3.05, 3.63) is 122 Å². The molecule has 5 unspecified atom stereocenters. The van der Waals surface area contributed by atoms with E-state index in [2.05, 4.69) is 142 Å². The number of esters is 3. The zero-order valence-corrected chi connectivity index (χ0v) is 73.8. The van der Waals surface area contributed by atoms with E-state index in [0.717, 1.165) is 141 Å². The van der Waals surface area contributed by atoms with Crippen molar-refractivity contribution < 1.29 is 75.8 Å². The third kappa shape index (κ3) is 88.6. The van der Waals surface area contributed by atoms with Crippen molar-refractivity contribution >= 4 is 33.6 Å². The topological polar surface area (TPSA) is 231 Å². The Labute approximate surface area is 691 Å². The van der Waals surface area contributed by atoms with Gasteiger partial charge in [-0.05, 0) is 135 Å². The van der Waals surface area contributed by atoms with Crippen molar-refractivity contribution in [2.45, 2.75) is 424 Å². The Hall–Kier alpha value is -4.05. The Balaban J connectivity index is 4.42. The summed E-state index contributed by atoms with van der Waals surface area (Å²) in [5, 5.41) is 20.7. The summed E-state index contributed by atoms with van der Waals surface area (Å²) in [5.41, 5.74) is 0. The average molecular weight is 1630 g/mol. The Morgan fingerprint density at radius 1 is 0.257 bits per heavy atom. The van der Waals surface area contributed by atoms with Crippen LogP contribution in [-0.4, -0.2) is 95.9 Å². The van der Waals surface area contributed by atoms with Crippen molar-refractivity contribution in [3.8, 4) is 0 Å². The molecule has 0 aromatic carbocycles. The maximum Gasteiger partial charge on any atom is 0.472 e. The number of aliphatic hydroxyl groups excluding tert-OH is 2. The summed E-state index contributed by atoms with van der Waals surface area (Å²) in [6, 6.07) is 0. The lowest BCUT2D eigenvalue weighted by Gasteiger charge is -2.21. The van der Waals surface area contributed by atoms with Gasteiger partial charge in [0.25, 0.3) is 0 Å². The lowest BCUT2D eigenvalue weighted by molar-refractivity contribution is -0.161. The van der Waals surface area contributed by atoms with E-state index >= 15 is 0 Å². The molecule has 0 aliphatic heterocycles. The summed E-state index contributed by atoms with van der Waals surface area (Å²) in [6.45, 7) is 2.59. The molecule has 18 heteroatoms. The van der Waals surface area contributed by atoms with Crippen LogP contribution in [0.25, 0.3) is 0 Å². The smallest absolute Gasteiger partial charge is 0.463 e. The minimum absolute atomic E-state index is 0.0950. The summed E-state index contributed by atoms with van der Waals surface area (Å²) < 4.78 is 61.4. The molecule has 16 nitrogen and oxygen atoms in total. The van der Waals surface area contributed by atoms with Gasteiger partial charge in [0.1, 0.15) is 25.4 Å². The molecule has 0 fully saturated rings. The number of unbranched alkanes of at least 4 members (excludes halogenated alkanes) is 44. The highest BCUT2D eigenvalue weighted by molar-refractivity contribution is 7.47. The van der Waals surface area contributed by atoms with Crippen LogP contribution in [0, 0.1) is 0 Å². The Bertz CT molecular complexity index is 2540. The standard InChI is InChI=1S/C95H168O16P2/c1-4-7-10-13-16-19-22-25-28-30-32-34-36-38-40-41-42-43-44-45-46-47-49-51-52-54-56-58-61-63-66-69-72-75-78-81-93(98)105-84-90(96)85-107-112(101,102)108-86-91(97)87-109-113(103,104)110-89-92(111-95(100)83-80-77-74-71-68-65-60-27-24-21-18-15-12-9-6-3)88-106-94(99)82-79-76-73-70-67-64-62-59-57-55-53-50-48-39-37-35-33-31-29-26-23-20-17-14-11-8-5-2/h7,10,16-17,19-20,25-29,32-35,38-40,48,60,90-92,96-97H,4-6,8-9,11-15,18,21-24,30-31,36-37,41-47,49-59,61-89H2,1-3H3,(H,101,102)(H,103,104)/b10-7-,19-16-,20-17-,28-25-,29-26-,34-32-,35-33-,40-38-,48-39-,60-27-. The van der Waals surface area contributed by atoms with Gasteiger partial charge in [-0.2, -0.15) is 0 Å². The Kier molecular flexibility index (Phi) is 84.1. The lowest BCUT2D eigenvalue weighted by atomic mass is 10.0. The van der Waals surface area contributed by atoms with Crippen LogP contribution in [0.1, 0.15) is 406 Å². The van der Waals surface area contributed by atoms with Gasteiger partial charge >= 0.3 is 33.6 Å². The summed E-state index contributed by atoms with van der Waals surface area (Å²) in [5.74, 6) is -1.57. The maximum absolute atomic E-state index is 13.0. The van der Waals surface area contributed by atoms with Crippen LogP contribution in [0.15, 0.2) is 122 Å². The largest absolute Gasteiger partial charge is 0.472 e. The molecule has 0 saturated carbocycles. The van der Waals surface area contributed by atoms with Crippen molar-refractivity contribution in [2.75, 3.05) is 39.6 Å². The molecule has 4 N–H and O–H groups in total. The molecule has 0 heterocycles. The van der Waals surface area contributed by atoms with Crippen LogP contribution >= 0.6 is 15.6 Å². The van der Waals surface area contributed by atoms with Crippen LogP contribution in [0.3, 0.4) is 0 Å². The number of aliphatic hydroxyl groups is 2. The van der Waals surface area contributed by atoms with Crippen LogP contribution in [0.2, 0.25) is 0 Å². The molecule has 5 atom stereocenters. The van der Waals surface area contributed by atoms with E-state index in [4.69, 9.17) is 32.3 Å². The number of phosphoric ester groups is 2. The molecule has 0 aromatic rings. The average Bonchev–Trinajstić information content (AvgIpc) is 0.904. The van der Waals surface area contributed by atoms with Crippen LogP contribution in [0.5, 0.6) is 0 Å². The molecule has 0 spiro atoms. The number of allylic oxidation sites excluding steroid dienone is 20. The van der Waals surface area contributed by atoms with E-state index < -0.39 is 91.5 Å². The number of carbonyl (C=O) groups excluding carboxylic acids is 3. The zero-order chi connectivity index (χ0) is 82.2. The Morgan fingerprint density at radius 2 is 0.469 bits per heavy atom. The predicted molar refractivity (Wildman–Crippen MR) is 473 cm³/mol. The SMILES string of the molecule is CC/C=C\C/C=C\C/C=C\C/C=C\C/C=C\CCCCCCCCCCCCCCCCCCCCCC(=O)OCC(O)COP(=O)(O)OCC(O)COP(=O)(O)OCC(COC(=O)CCCCCCCCCCCCC/C=C\C/C=C\C/C=C\C/C=C\CCCCC)OC(=O)CCCCCCC/C=C\CCCCCCCC. The van der Waals surface area contributed by atoms with Gasteiger partial charge in [0.2, 0.25) is 0 Å². The van der Waals surface area contributed by atoms with E-state index in [9.17, 15) is 43.5 Å². The number of rotatable bonds is 87. The first-order chi connectivity index (χ1) is 55.2. The van der Waals surface area contributed by atoms with E-state index in [1.54, 1.807) is 0 Å². The number of hydrogen-bond acceptors (Lipinski definition) is 14. The van der Waals surface area contributed by atoms with Gasteiger partial charge in [-0.15, -0.1) is 0 Å². The van der Waals surface area contributed by atoms with Gasteiger partial charge in [0.15, 0.2) is 6.10 Å². The van der Waals surface area contributed by atoms with Gasteiger partial charge in [-0.1, -0.05) is 373 Å². The predicted octanol–water partition coefficient (Wildman–Crippen LogP) is 28.0. The molecule has 0 aliphatic carbocycles. The minimum atomic E-state index is -4.94. The first kappa shape index (κ1) is 109. The molecular weight excluding hydrogens is 1460 g/mol. The molecule has 0 saturated heterocycles. The fourth-order valence-electron chi connectivity index (χ4n) is 12.7. The van der Waals surface area contributed by atoms with E-state index in [-0.39, 0.29) is 19.3 Å². The molecule has 113 heavy (non-hydrogen) atoms. The first-order valence-electron chi connectivity index (χ1n) is 45.8. The van der Waals surface area contributed by atoms with E-state index in [1.807, 2.05) is 0 Å². The van der Waals surface area contributed by atoms with Crippen LogP contribution in [-0.2, 0) is 55.8 Å². The third-order valence-corrected chi connectivity index (χ3v) is 21.5. The second kappa shape index (κ2) is 87.3. The summed E-state index contributed by atoms with van der Waals surface area (Å²) in [7, 11) is -9.80. The summed E-state index contributed by atoms with van der Waals surface area (Å²) >= 11 is 0. The molecule has 0 rings (SSSR count). The molecular formula is C95H168O16P2. The van der Waals surface area contributed by atoms with Crippen molar-refractivity contribution in [2.24, 2.45) is 0 Å². The van der Waals surface area contributed by atoms with Crippen molar-refractivity contribution in [1.29, 1.82) is 0 Å². The fraction of sp³-hybridized carbons (Fsp3) is 0.758. The van der Waals surface area contributed by atoms with E-state index in [0.29, 0.717) is 19.3 Å². The van der Waals surface area contributed by atoms with Gasteiger partial charge < -0.3 is 34.2 Å². The van der Waals surface area contributed by atoms with Crippen molar-refractivity contribution in [1.82, 2.24) is 0 Å². The number of phosphoric acid groups is 2. The highest BCUT2D eigenvalue weighted by Gasteiger charge is 2.29. The lowest BCUT2D eigenvalue weighted by Crippen LogP contribution is -2.30. The molecule has 0 aliphatic rings. The second-order valence-electron chi connectivity index (χ2n) is 30.7. The van der Waals surface area contributed by atoms with Crippen LogP contribution in [0.4, 0.5) is 0 Å². The highest BCUT2D eigenvalue weighted by Crippen LogP contribution is 2.45. The van der Waals surface area contributed by atoms with E-state index in [1.165, 1.54) is 205 Å². The fourth-order valence-corrected chi connectivity index (χ4v) is 14.3. The van der Waals surface area contributed by atoms with Crippen molar-refractivity contribution in [3.63, 3.8) is 0 Å². The normalized spacial score (nSPS) is 14.4. The number of ether oxygens (including phenoxy) is 3. The van der Waals surface area contributed by atoms with Gasteiger partial charge in [0, 0.05) is 19.3 Å². The molecule has 0 radical (unpaired) electrons. The second-order valence-corrected chi connectivity index (χ2v) is 33.6. The third-order valence-electron chi connectivity index (χ3n) is 19.6. The van der Waals surface area contributed by atoms with Gasteiger partial charge in [0.05, 0.1) is 26.4 Å². The van der Waals surface area contributed by atoms with Gasteiger partial charge in [-0.3, -0.25) is 32.5 Å². The van der Waals surface area contributed by atoms with Crippen LogP contribution < -0.4 is 0 Å². The maximum atomic E-state index is 13.0. The number of carbonyl (C=O) groups is 3. The quantitative estimate of drug-likeness (QED) is 0.0146. The number of hydrogen-bond donors (Lipinski definition) is 4. The highest BCUT2D eigenvalue weighted by atomic mass is 31.2. The molecule has 0 amide bonds. The summed E-state index contributed by atoms with van der Waals surface area (Å²) in [6.07, 6.45) is 107.